The monoisotopic (exact) mass is 399 g/mol. The van der Waals surface area contributed by atoms with E-state index in [2.05, 4.69) is 10.5 Å². The fourth-order valence-electron chi connectivity index (χ4n) is 2.44. The van der Waals surface area contributed by atoms with E-state index in [0.717, 1.165) is 5.56 Å². The lowest BCUT2D eigenvalue weighted by Crippen LogP contribution is -2.18. The molecule has 1 aromatic heterocycles. The van der Waals surface area contributed by atoms with Crippen LogP contribution in [0.3, 0.4) is 0 Å². The Labute approximate surface area is 164 Å². The van der Waals surface area contributed by atoms with Crippen LogP contribution in [-0.4, -0.2) is 24.2 Å². The summed E-state index contributed by atoms with van der Waals surface area (Å²) >= 11 is 6.11. The number of hydrogen-bond acceptors (Lipinski definition) is 6. The van der Waals surface area contributed by atoms with E-state index in [-0.39, 0.29) is 11.3 Å². The molecule has 1 amide bonds. The van der Waals surface area contributed by atoms with Crippen LogP contribution in [0.1, 0.15) is 16.1 Å². The minimum atomic E-state index is -0.697. The van der Waals surface area contributed by atoms with Gasteiger partial charge in [-0.3, -0.25) is 14.9 Å². The summed E-state index contributed by atoms with van der Waals surface area (Å²) in [5.74, 6) is 0.787. The molecular weight excluding hydrogens is 386 g/mol. The Hall–Kier alpha value is -3.65. The van der Waals surface area contributed by atoms with Gasteiger partial charge in [-0.05, 0) is 36.4 Å². The predicted molar refractivity (Wildman–Crippen MR) is 104 cm³/mol. The van der Waals surface area contributed by atoms with E-state index in [1.807, 2.05) is 0 Å². The van der Waals surface area contributed by atoms with E-state index in [1.165, 1.54) is 37.6 Å². The summed E-state index contributed by atoms with van der Waals surface area (Å²) in [6.45, 7) is 0. The zero-order valence-electron chi connectivity index (χ0n) is 14.6. The fraction of sp³-hybridized carbons (Fsp3) is 0.0526. The molecule has 0 unspecified atom stereocenters. The predicted octanol–water partition coefficient (Wildman–Crippen LogP) is 4.28. The maximum absolute atomic E-state index is 12.1. The van der Waals surface area contributed by atoms with Crippen molar-refractivity contribution in [1.82, 2.24) is 5.43 Å². The van der Waals surface area contributed by atoms with Crippen LogP contribution in [0.2, 0.25) is 5.02 Å². The van der Waals surface area contributed by atoms with Crippen molar-refractivity contribution in [3.63, 3.8) is 0 Å². The highest BCUT2D eigenvalue weighted by Crippen LogP contribution is 2.30. The van der Waals surface area contributed by atoms with Gasteiger partial charge >= 0.3 is 0 Å². The summed E-state index contributed by atoms with van der Waals surface area (Å²) in [7, 11) is 1.53. The molecule has 0 fully saturated rings. The summed E-state index contributed by atoms with van der Waals surface area (Å²) in [4.78, 5) is 22.4. The van der Waals surface area contributed by atoms with E-state index >= 15 is 0 Å². The minimum absolute atomic E-state index is 0.0855. The zero-order chi connectivity index (χ0) is 20.1. The summed E-state index contributed by atoms with van der Waals surface area (Å²) < 4.78 is 10.7. The second kappa shape index (κ2) is 8.36. The number of halogens is 1. The number of methoxy groups -OCH3 is 1. The van der Waals surface area contributed by atoms with Crippen LogP contribution >= 0.6 is 11.6 Å². The van der Waals surface area contributed by atoms with Gasteiger partial charge in [0, 0.05) is 11.6 Å². The molecule has 2 aromatic carbocycles. The number of nitro groups is 1. The van der Waals surface area contributed by atoms with Crippen molar-refractivity contribution >= 4 is 29.4 Å². The van der Waals surface area contributed by atoms with Gasteiger partial charge < -0.3 is 9.15 Å². The first kappa shape index (κ1) is 19.1. The van der Waals surface area contributed by atoms with Crippen molar-refractivity contribution in [1.29, 1.82) is 0 Å². The third-order valence-corrected chi connectivity index (χ3v) is 4.06. The van der Waals surface area contributed by atoms with Crippen LogP contribution in [-0.2, 0) is 0 Å². The Morgan fingerprint density at radius 1 is 1.25 bits per heavy atom. The Morgan fingerprint density at radius 2 is 2.04 bits per heavy atom. The van der Waals surface area contributed by atoms with Crippen LogP contribution in [0, 0.1) is 10.1 Å². The van der Waals surface area contributed by atoms with Gasteiger partial charge in [0.1, 0.15) is 22.8 Å². The molecule has 0 saturated carbocycles. The van der Waals surface area contributed by atoms with Gasteiger partial charge in [0.25, 0.3) is 11.6 Å². The Kier molecular flexibility index (Phi) is 5.71. The van der Waals surface area contributed by atoms with Gasteiger partial charge in [0.15, 0.2) is 0 Å². The normalized spacial score (nSPS) is 10.8. The number of carbonyl (C=O) groups is 1. The quantitative estimate of drug-likeness (QED) is 0.378. The summed E-state index contributed by atoms with van der Waals surface area (Å²) in [5.41, 5.74) is 2.60. The van der Waals surface area contributed by atoms with Crippen molar-refractivity contribution in [2.75, 3.05) is 7.11 Å². The average Bonchev–Trinajstić information content (AvgIpc) is 3.16. The highest BCUT2D eigenvalue weighted by atomic mass is 35.5. The van der Waals surface area contributed by atoms with Crippen LogP contribution in [0.25, 0.3) is 11.3 Å². The number of hydrogen-bond donors (Lipinski definition) is 1. The molecule has 3 aromatic rings. The first-order chi connectivity index (χ1) is 13.5. The molecule has 0 spiro atoms. The minimum Gasteiger partial charge on any atom is -0.495 e. The number of ether oxygens (including phenoxy) is 1. The second-order valence-corrected chi connectivity index (χ2v) is 5.93. The van der Waals surface area contributed by atoms with Gasteiger partial charge in [-0.1, -0.05) is 23.7 Å². The molecule has 142 valence electrons. The van der Waals surface area contributed by atoms with Gasteiger partial charge in [-0.15, -0.1) is 0 Å². The average molecular weight is 400 g/mol. The van der Waals surface area contributed by atoms with Crippen molar-refractivity contribution in [3.05, 3.63) is 81.1 Å². The van der Waals surface area contributed by atoms with Crippen molar-refractivity contribution in [2.24, 2.45) is 5.10 Å². The lowest BCUT2D eigenvalue weighted by molar-refractivity contribution is -0.385. The van der Waals surface area contributed by atoms with Crippen LogP contribution < -0.4 is 10.2 Å². The Balaban J connectivity index is 1.70. The molecule has 0 aliphatic carbocycles. The Morgan fingerprint density at radius 3 is 2.75 bits per heavy atom. The SMILES string of the molecule is COc1ccc(-c2ccc(/C=N\NC(=O)c3ccccc3[N+](=O)[O-])o2)cc1Cl. The highest BCUT2D eigenvalue weighted by Gasteiger charge is 2.18. The number of rotatable bonds is 6. The third-order valence-electron chi connectivity index (χ3n) is 3.77. The first-order valence-electron chi connectivity index (χ1n) is 8.00. The van der Waals surface area contributed by atoms with Gasteiger partial charge in [-0.25, -0.2) is 5.43 Å². The van der Waals surface area contributed by atoms with E-state index < -0.39 is 10.8 Å². The largest absolute Gasteiger partial charge is 0.495 e. The lowest BCUT2D eigenvalue weighted by Gasteiger charge is -2.04. The maximum atomic E-state index is 12.1. The number of furan rings is 1. The number of nitrogens with zero attached hydrogens (tertiary/aromatic N) is 2. The van der Waals surface area contributed by atoms with Crippen molar-refractivity contribution < 1.29 is 18.9 Å². The van der Waals surface area contributed by atoms with Crippen LogP contribution in [0.5, 0.6) is 5.75 Å². The number of hydrazone groups is 1. The van der Waals surface area contributed by atoms with E-state index in [4.69, 9.17) is 20.8 Å². The van der Waals surface area contributed by atoms with Gasteiger partial charge in [0.2, 0.25) is 0 Å². The molecule has 28 heavy (non-hydrogen) atoms. The van der Waals surface area contributed by atoms with Gasteiger partial charge in [0.05, 0.1) is 23.3 Å². The topological polar surface area (TPSA) is 107 Å². The van der Waals surface area contributed by atoms with E-state index in [1.54, 1.807) is 30.3 Å². The molecule has 9 heteroatoms. The maximum Gasteiger partial charge on any atom is 0.282 e. The standard InChI is InChI=1S/C19H14ClN3O5/c1-27-18-8-6-12(10-15(18)20)17-9-7-13(28-17)11-21-22-19(24)14-4-2-3-5-16(14)23(25)26/h2-11H,1H3,(H,22,24)/b21-11-. The zero-order valence-corrected chi connectivity index (χ0v) is 15.3. The Bertz CT molecular complexity index is 1060. The smallest absolute Gasteiger partial charge is 0.282 e. The number of nitrogens with one attached hydrogen (secondary N) is 1. The third kappa shape index (κ3) is 4.18. The summed E-state index contributed by atoms with van der Waals surface area (Å²) in [5, 5.41) is 15.2. The van der Waals surface area contributed by atoms with E-state index in [9.17, 15) is 14.9 Å². The number of para-hydroxylation sites is 1. The van der Waals surface area contributed by atoms with Crippen molar-refractivity contribution in [3.8, 4) is 17.1 Å². The molecule has 0 bridgehead atoms. The molecule has 0 aliphatic rings. The molecule has 0 atom stereocenters. The van der Waals surface area contributed by atoms with Gasteiger partial charge in [-0.2, -0.15) is 5.10 Å². The number of benzene rings is 2. The summed E-state index contributed by atoms with van der Waals surface area (Å²) in [6.07, 6.45) is 1.29. The van der Waals surface area contributed by atoms with Crippen LogP contribution in [0.15, 0.2) is 64.1 Å². The molecule has 8 nitrogen and oxygen atoms in total. The molecule has 1 heterocycles. The van der Waals surface area contributed by atoms with E-state index in [0.29, 0.717) is 22.3 Å². The van der Waals surface area contributed by atoms with Crippen molar-refractivity contribution in [2.45, 2.75) is 0 Å². The molecular formula is C19H14ClN3O5. The second-order valence-electron chi connectivity index (χ2n) is 5.52. The number of carbonyl (C=O) groups excluding carboxylic acids is 1. The molecule has 0 radical (unpaired) electrons. The fourth-order valence-corrected chi connectivity index (χ4v) is 2.69. The molecule has 0 saturated heterocycles. The molecule has 3 rings (SSSR count). The summed E-state index contributed by atoms with van der Waals surface area (Å²) in [6, 6.07) is 14.2. The molecule has 1 N–H and O–H groups in total. The number of amides is 1. The molecule has 0 aliphatic heterocycles. The number of nitro benzene ring substituents is 1. The lowest BCUT2D eigenvalue weighted by atomic mass is 10.2. The first-order valence-corrected chi connectivity index (χ1v) is 8.38. The van der Waals surface area contributed by atoms with Crippen LogP contribution in [0.4, 0.5) is 5.69 Å². The highest BCUT2D eigenvalue weighted by molar-refractivity contribution is 6.32.